The number of rotatable bonds is 16. The molecule has 2 amide bonds. The van der Waals surface area contributed by atoms with Gasteiger partial charge >= 0.3 is 0 Å². The van der Waals surface area contributed by atoms with Gasteiger partial charge < -0.3 is 9.80 Å². The predicted octanol–water partition coefficient (Wildman–Crippen LogP) is 10.6. The summed E-state index contributed by atoms with van der Waals surface area (Å²) in [6.45, 7) is 8.02. The Kier molecular flexibility index (Phi) is 18.8. The van der Waals surface area contributed by atoms with Crippen LogP contribution in [0.2, 0.25) is 0 Å². The highest BCUT2D eigenvalue weighted by atomic mass is 16.2. The van der Waals surface area contributed by atoms with Gasteiger partial charge in [0.1, 0.15) is 0 Å². The van der Waals surface area contributed by atoms with Crippen molar-refractivity contribution >= 4 is 11.8 Å². The van der Waals surface area contributed by atoms with Crippen LogP contribution in [0.1, 0.15) is 140 Å². The number of carbonyl (C=O) groups is 2. The molecule has 2 aliphatic heterocycles. The lowest BCUT2D eigenvalue weighted by molar-refractivity contribution is -0.127. The van der Waals surface area contributed by atoms with Crippen LogP contribution in [0.15, 0.2) is 85.0 Å². The maximum Gasteiger partial charge on any atom is 0.246 e. The molecular formula is C42H62N2O2. The second-order valence-electron chi connectivity index (χ2n) is 13.2. The molecule has 2 aliphatic rings. The van der Waals surface area contributed by atoms with E-state index in [1.807, 2.05) is 9.80 Å². The third-order valence-electron chi connectivity index (χ3n) is 9.62. The van der Waals surface area contributed by atoms with Crippen molar-refractivity contribution in [1.82, 2.24) is 9.80 Å². The quantitative estimate of drug-likeness (QED) is 0.137. The summed E-state index contributed by atoms with van der Waals surface area (Å²) in [5.41, 5.74) is 2.84. The van der Waals surface area contributed by atoms with Gasteiger partial charge in [-0.1, -0.05) is 138 Å². The molecule has 0 atom stereocenters. The molecular weight excluding hydrogens is 564 g/mol. The summed E-state index contributed by atoms with van der Waals surface area (Å²) < 4.78 is 0. The Morgan fingerprint density at radius 1 is 0.543 bits per heavy atom. The van der Waals surface area contributed by atoms with Crippen LogP contribution in [-0.4, -0.2) is 47.8 Å². The Hall–Kier alpha value is -3.14. The van der Waals surface area contributed by atoms with Gasteiger partial charge in [-0.15, -0.1) is 0 Å². The van der Waals surface area contributed by atoms with Crippen LogP contribution in [0, 0.1) is 0 Å². The summed E-state index contributed by atoms with van der Waals surface area (Å²) >= 11 is 0. The third kappa shape index (κ3) is 14.5. The summed E-state index contributed by atoms with van der Waals surface area (Å²) in [7, 11) is 0. The Labute approximate surface area is 281 Å². The molecule has 0 unspecified atom stereocenters. The molecule has 46 heavy (non-hydrogen) atoms. The topological polar surface area (TPSA) is 40.6 Å². The molecule has 4 nitrogen and oxygen atoms in total. The largest absolute Gasteiger partial charge is 0.339 e. The fraction of sp³-hybridized carbons (Fsp3) is 0.571. The minimum Gasteiger partial charge on any atom is -0.339 e. The normalized spacial score (nSPS) is 16.1. The summed E-state index contributed by atoms with van der Waals surface area (Å²) in [6.07, 6.45) is 27.0. The number of carbonyl (C=O) groups excluding carboxylic acids is 2. The summed E-state index contributed by atoms with van der Waals surface area (Å²) in [5.74, 6) is 1.63. The molecule has 0 radical (unpaired) electrons. The molecule has 0 saturated carbocycles. The molecule has 0 aliphatic carbocycles. The number of hydrogen-bond donors (Lipinski definition) is 0. The van der Waals surface area contributed by atoms with Crippen LogP contribution < -0.4 is 0 Å². The number of hydrogen-bond acceptors (Lipinski definition) is 2. The number of benzene rings is 2. The minimum absolute atomic E-state index is 0.199. The first-order valence-electron chi connectivity index (χ1n) is 18.6. The van der Waals surface area contributed by atoms with Crippen molar-refractivity contribution in [3.05, 3.63) is 96.1 Å². The van der Waals surface area contributed by atoms with Crippen molar-refractivity contribution in [3.8, 4) is 0 Å². The molecule has 2 aromatic rings. The van der Waals surface area contributed by atoms with Gasteiger partial charge in [0.25, 0.3) is 0 Å². The molecule has 0 aromatic heterocycles. The van der Waals surface area contributed by atoms with Gasteiger partial charge in [-0.05, 0) is 86.5 Å². The Bertz CT molecular complexity index is 1040. The van der Waals surface area contributed by atoms with Crippen LogP contribution in [0.4, 0.5) is 0 Å². The zero-order valence-corrected chi connectivity index (χ0v) is 29.1. The molecule has 0 spiro atoms. The van der Waals surface area contributed by atoms with Gasteiger partial charge in [0.05, 0.1) is 0 Å². The molecule has 2 aromatic carbocycles. The van der Waals surface area contributed by atoms with Gasteiger partial charge in [0.15, 0.2) is 0 Å². The number of nitrogens with zero attached hydrogens (tertiary/aromatic N) is 2. The van der Waals surface area contributed by atoms with Gasteiger partial charge in [0.2, 0.25) is 11.8 Å². The van der Waals surface area contributed by atoms with Crippen molar-refractivity contribution in [3.63, 3.8) is 0 Å². The van der Waals surface area contributed by atoms with Gasteiger partial charge in [0, 0.05) is 26.2 Å². The fourth-order valence-electron chi connectivity index (χ4n) is 6.63. The van der Waals surface area contributed by atoms with E-state index in [1.165, 1.54) is 75.3 Å². The van der Waals surface area contributed by atoms with E-state index in [2.05, 4.69) is 86.7 Å². The van der Waals surface area contributed by atoms with Crippen LogP contribution in [-0.2, 0) is 9.59 Å². The fourth-order valence-corrected chi connectivity index (χ4v) is 6.63. The van der Waals surface area contributed by atoms with E-state index in [4.69, 9.17) is 0 Å². The molecule has 2 saturated heterocycles. The Balaban J connectivity index is 0.000000250. The predicted molar refractivity (Wildman–Crippen MR) is 195 cm³/mol. The van der Waals surface area contributed by atoms with Crippen molar-refractivity contribution in [1.29, 1.82) is 0 Å². The number of amides is 2. The SMILES string of the molecule is CCCCCCC/C=C/C(=O)N1CCC(c2ccccc2)CC1.CCCCCCC/C=C/C(=O)N1CCC(c2ccccc2)CC1. The van der Waals surface area contributed by atoms with Crippen molar-refractivity contribution in [2.24, 2.45) is 0 Å². The van der Waals surface area contributed by atoms with E-state index in [0.717, 1.165) is 64.7 Å². The molecule has 2 heterocycles. The highest BCUT2D eigenvalue weighted by Crippen LogP contribution is 2.29. The maximum atomic E-state index is 12.2. The lowest BCUT2D eigenvalue weighted by Gasteiger charge is -2.31. The van der Waals surface area contributed by atoms with Crippen LogP contribution in [0.25, 0.3) is 0 Å². The second kappa shape index (κ2) is 23.2. The Morgan fingerprint density at radius 2 is 0.891 bits per heavy atom. The number of allylic oxidation sites excluding steroid dienone is 2. The van der Waals surface area contributed by atoms with E-state index in [1.54, 1.807) is 12.2 Å². The zero-order valence-electron chi connectivity index (χ0n) is 29.1. The van der Waals surface area contributed by atoms with E-state index >= 15 is 0 Å². The maximum absolute atomic E-state index is 12.2. The summed E-state index contributed by atoms with van der Waals surface area (Å²) in [6, 6.07) is 21.4. The first-order valence-corrected chi connectivity index (χ1v) is 18.6. The standard InChI is InChI=1S/2C21H31NO/c2*1-2-3-4-5-6-7-11-14-21(23)22-17-15-20(16-18-22)19-12-9-8-10-13-19/h2*8-14,20H,2-7,15-18H2,1H3/b2*14-11+. The number of piperidine rings is 2. The first kappa shape index (κ1) is 37.3. The third-order valence-corrected chi connectivity index (χ3v) is 9.62. The van der Waals surface area contributed by atoms with Gasteiger partial charge in [-0.3, -0.25) is 9.59 Å². The lowest BCUT2D eigenvalue weighted by atomic mass is 9.89. The van der Waals surface area contributed by atoms with Crippen molar-refractivity contribution < 1.29 is 9.59 Å². The van der Waals surface area contributed by atoms with Crippen LogP contribution in [0.5, 0.6) is 0 Å². The molecule has 0 N–H and O–H groups in total. The monoisotopic (exact) mass is 626 g/mol. The molecule has 4 heteroatoms. The highest BCUT2D eigenvalue weighted by Gasteiger charge is 2.23. The average Bonchev–Trinajstić information content (AvgIpc) is 3.12. The zero-order chi connectivity index (χ0) is 32.7. The van der Waals surface area contributed by atoms with E-state index in [-0.39, 0.29) is 11.8 Å². The first-order chi connectivity index (χ1) is 22.6. The summed E-state index contributed by atoms with van der Waals surface area (Å²) in [5, 5.41) is 0. The van der Waals surface area contributed by atoms with Gasteiger partial charge in [-0.25, -0.2) is 0 Å². The summed E-state index contributed by atoms with van der Waals surface area (Å²) in [4.78, 5) is 28.4. The lowest BCUT2D eigenvalue weighted by Crippen LogP contribution is -2.36. The van der Waals surface area contributed by atoms with Gasteiger partial charge in [-0.2, -0.15) is 0 Å². The van der Waals surface area contributed by atoms with Crippen LogP contribution >= 0.6 is 0 Å². The number of likely N-dealkylation sites (tertiary alicyclic amines) is 2. The minimum atomic E-state index is 0.199. The van der Waals surface area contributed by atoms with E-state index in [9.17, 15) is 9.59 Å². The van der Waals surface area contributed by atoms with Crippen molar-refractivity contribution in [2.75, 3.05) is 26.2 Å². The Morgan fingerprint density at radius 3 is 1.24 bits per heavy atom. The molecule has 4 rings (SSSR count). The van der Waals surface area contributed by atoms with E-state index < -0.39 is 0 Å². The molecule has 2 fully saturated rings. The number of unbranched alkanes of at least 4 members (excludes halogenated alkanes) is 10. The average molecular weight is 627 g/mol. The van der Waals surface area contributed by atoms with Crippen molar-refractivity contribution in [2.45, 2.75) is 128 Å². The van der Waals surface area contributed by atoms with Crippen LogP contribution in [0.3, 0.4) is 0 Å². The van der Waals surface area contributed by atoms with E-state index in [0.29, 0.717) is 11.8 Å². The molecule has 252 valence electrons. The molecule has 0 bridgehead atoms. The smallest absolute Gasteiger partial charge is 0.246 e. The highest BCUT2D eigenvalue weighted by molar-refractivity contribution is 5.88. The second-order valence-corrected chi connectivity index (χ2v) is 13.2.